The van der Waals surface area contributed by atoms with E-state index in [-0.39, 0.29) is 0 Å². The summed E-state index contributed by atoms with van der Waals surface area (Å²) in [6.45, 7) is 0. The topological polar surface area (TPSA) is 64.9 Å². The number of aromatic nitrogens is 2. The molecule has 2 heterocycles. The molecule has 2 aromatic heterocycles. The molecule has 19 heavy (non-hydrogen) atoms. The molecular weight excluding hydrogens is 394 g/mol. The standard InChI is InChI=1S/C12H13Br2N3OS/c13-8-6-7(9(14)19-8)10-16-11(17-18-10)12(15)4-2-1-3-5-12/h6H,1-5,15H2. The van der Waals surface area contributed by atoms with Crippen LogP contribution in [0.3, 0.4) is 0 Å². The van der Waals surface area contributed by atoms with Crippen LogP contribution < -0.4 is 5.73 Å². The first-order valence-electron chi connectivity index (χ1n) is 6.17. The summed E-state index contributed by atoms with van der Waals surface area (Å²) < 4.78 is 7.38. The van der Waals surface area contributed by atoms with Crippen molar-refractivity contribution in [3.8, 4) is 11.5 Å². The fraction of sp³-hybridized carbons (Fsp3) is 0.500. The van der Waals surface area contributed by atoms with Gasteiger partial charge >= 0.3 is 0 Å². The van der Waals surface area contributed by atoms with Crippen LogP contribution in [0.5, 0.6) is 0 Å². The molecule has 2 aromatic rings. The molecule has 0 atom stereocenters. The summed E-state index contributed by atoms with van der Waals surface area (Å²) in [7, 11) is 0. The third kappa shape index (κ3) is 2.66. The molecule has 0 spiro atoms. The molecule has 0 unspecified atom stereocenters. The SMILES string of the molecule is NC1(c2noc(-c3cc(Br)sc3Br)n2)CCCCC1. The number of nitrogens with two attached hydrogens (primary N) is 1. The molecule has 4 nitrogen and oxygen atoms in total. The molecule has 3 rings (SSSR count). The molecule has 102 valence electrons. The molecule has 1 aliphatic rings. The van der Waals surface area contributed by atoms with Gasteiger partial charge in [-0.3, -0.25) is 0 Å². The molecule has 0 radical (unpaired) electrons. The van der Waals surface area contributed by atoms with Crippen LogP contribution >= 0.6 is 43.2 Å². The van der Waals surface area contributed by atoms with E-state index in [0.717, 1.165) is 38.8 Å². The van der Waals surface area contributed by atoms with E-state index in [1.54, 1.807) is 11.3 Å². The van der Waals surface area contributed by atoms with Gasteiger partial charge in [-0.15, -0.1) is 11.3 Å². The highest BCUT2D eigenvalue weighted by Gasteiger charge is 2.34. The Bertz CT molecular complexity index is 590. The third-order valence-corrected chi connectivity index (χ3v) is 5.84. The van der Waals surface area contributed by atoms with Crippen molar-refractivity contribution in [3.63, 3.8) is 0 Å². The van der Waals surface area contributed by atoms with E-state index in [1.165, 1.54) is 6.42 Å². The maximum Gasteiger partial charge on any atom is 0.260 e. The number of rotatable bonds is 2. The average molecular weight is 407 g/mol. The van der Waals surface area contributed by atoms with Gasteiger partial charge in [0.15, 0.2) is 5.82 Å². The number of thiophene rings is 1. The van der Waals surface area contributed by atoms with Gasteiger partial charge in [-0.2, -0.15) is 4.98 Å². The second kappa shape index (κ2) is 5.27. The van der Waals surface area contributed by atoms with Crippen molar-refractivity contribution < 1.29 is 4.52 Å². The minimum absolute atomic E-state index is 0.417. The zero-order valence-electron chi connectivity index (χ0n) is 10.2. The van der Waals surface area contributed by atoms with Gasteiger partial charge in [0.25, 0.3) is 5.89 Å². The minimum Gasteiger partial charge on any atom is -0.334 e. The van der Waals surface area contributed by atoms with Gasteiger partial charge in [-0.05, 0) is 50.8 Å². The van der Waals surface area contributed by atoms with Crippen LogP contribution in [0.4, 0.5) is 0 Å². The van der Waals surface area contributed by atoms with Gasteiger partial charge in [0.2, 0.25) is 0 Å². The molecule has 7 heteroatoms. The summed E-state index contributed by atoms with van der Waals surface area (Å²) >= 11 is 8.53. The van der Waals surface area contributed by atoms with E-state index >= 15 is 0 Å². The van der Waals surface area contributed by atoms with E-state index < -0.39 is 5.54 Å². The van der Waals surface area contributed by atoms with Crippen molar-refractivity contribution >= 4 is 43.2 Å². The largest absolute Gasteiger partial charge is 0.334 e. The van der Waals surface area contributed by atoms with Crippen LogP contribution in [0.15, 0.2) is 18.2 Å². The first kappa shape index (κ1) is 13.7. The van der Waals surface area contributed by atoms with E-state index in [2.05, 4.69) is 42.0 Å². The predicted octanol–water partition coefficient (Wildman–Crippen LogP) is 4.44. The summed E-state index contributed by atoms with van der Waals surface area (Å²) in [5.74, 6) is 1.16. The molecule has 1 saturated carbocycles. The smallest absolute Gasteiger partial charge is 0.260 e. The monoisotopic (exact) mass is 405 g/mol. The molecule has 1 fully saturated rings. The van der Waals surface area contributed by atoms with Crippen molar-refractivity contribution in [2.45, 2.75) is 37.6 Å². The summed E-state index contributed by atoms with van der Waals surface area (Å²) in [6, 6.07) is 1.97. The molecular formula is C12H13Br2N3OS. The summed E-state index contributed by atoms with van der Waals surface area (Å²) in [5.41, 5.74) is 6.91. The van der Waals surface area contributed by atoms with Crippen LogP contribution in [0, 0.1) is 0 Å². The zero-order chi connectivity index (χ0) is 13.5. The molecule has 2 N–H and O–H groups in total. The van der Waals surface area contributed by atoms with Crippen LogP contribution in [0.25, 0.3) is 11.5 Å². The maximum absolute atomic E-state index is 6.41. The Labute approximate surface area is 132 Å². The quantitative estimate of drug-likeness (QED) is 0.800. The van der Waals surface area contributed by atoms with E-state index in [1.807, 2.05) is 6.07 Å². The second-order valence-electron chi connectivity index (χ2n) is 4.88. The fourth-order valence-corrected chi connectivity index (χ4v) is 5.21. The average Bonchev–Trinajstić information content (AvgIpc) is 2.97. The summed E-state index contributed by atoms with van der Waals surface area (Å²) in [4.78, 5) is 4.50. The number of hydrogen-bond donors (Lipinski definition) is 1. The molecule has 0 amide bonds. The zero-order valence-corrected chi connectivity index (χ0v) is 14.1. The first-order valence-corrected chi connectivity index (χ1v) is 8.57. The highest BCUT2D eigenvalue weighted by atomic mass is 79.9. The van der Waals surface area contributed by atoms with Crippen LogP contribution in [0.1, 0.15) is 37.9 Å². The van der Waals surface area contributed by atoms with E-state index in [4.69, 9.17) is 10.3 Å². The predicted molar refractivity (Wildman–Crippen MR) is 82.0 cm³/mol. The Morgan fingerprint density at radius 1 is 1.26 bits per heavy atom. The van der Waals surface area contributed by atoms with E-state index in [9.17, 15) is 0 Å². The van der Waals surface area contributed by atoms with Gasteiger partial charge in [0.05, 0.1) is 18.7 Å². The van der Waals surface area contributed by atoms with Crippen molar-refractivity contribution in [3.05, 3.63) is 19.5 Å². The van der Waals surface area contributed by atoms with Crippen molar-refractivity contribution in [2.75, 3.05) is 0 Å². The molecule has 0 bridgehead atoms. The third-order valence-electron chi connectivity index (χ3n) is 3.50. The first-order chi connectivity index (χ1) is 9.08. The molecule has 0 aromatic carbocycles. The molecule has 0 aliphatic heterocycles. The van der Waals surface area contributed by atoms with Crippen LogP contribution in [-0.2, 0) is 5.54 Å². The van der Waals surface area contributed by atoms with Gasteiger partial charge < -0.3 is 10.3 Å². The Hall–Kier alpha value is -0.240. The van der Waals surface area contributed by atoms with Crippen molar-refractivity contribution in [1.29, 1.82) is 0 Å². The Balaban J connectivity index is 1.93. The number of nitrogens with zero attached hydrogens (tertiary/aromatic N) is 2. The summed E-state index contributed by atoms with van der Waals surface area (Å²) in [5, 5.41) is 4.10. The molecule has 1 aliphatic carbocycles. The Morgan fingerprint density at radius 3 is 2.63 bits per heavy atom. The lowest BCUT2D eigenvalue weighted by molar-refractivity contribution is 0.275. The Kier molecular flexibility index (Phi) is 3.81. The van der Waals surface area contributed by atoms with Gasteiger partial charge in [0, 0.05) is 0 Å². The number of hydrogen-bond acceptors (Lipinski definition) is 5. The lowest BCUT2D eigenvalue weighted by Gasteiger charge is -2.29. The fourth-order valence-electron chi connectivity index (χ4n) is 2.43. The molecule has 0 saturated heterocycles. The Morgan fingerprint density at radius 2 is 2.00 bits per heavy atom. The van der Waals surface area contributed by atoms with Crippen molar-refractivity contribution in [2.24, 2.45) is 5.73 Å². The second-order valence-corrected chi connectivity index (χ2v) is 8.63. The van der Waals surface area contributed by atoms with E-state index in [0.29, 0.717) is 11.7 Å². The van der Waals surface area contributed by atoms with Crippen LogP contribution in [0.2, 0.25) is 0 Å². The summed E-state index contributed by atoms with van der Waals surface area (Å²) in [6.07, 6.45) is 5.37. The van der Waals surface area contributed by atoms with Gasteiger partial charge in [-0.1, -0.05) is 24.4 Å². The van der Waals surface area contributed by atoms with Crippen molar-refractivity contribution in [1.82, 2.24) is 10.1 Å². The van der Waals surface area contributed by atoms with Gasteiger partial charge in [0.1, 0.15) is 0 Å². The lowest BCUT2D eigenvalue weighted by Crippen LogP contribution is -2.39. The highest BCUT2D eigenvalue weighted by molar-refractivity contribution is 9.12. The normalized spacial score (nSPS) is 18.7. The lowest BCUT2D eigenvalue weighted by atomic mass is 9.82. The number of halogens is 2. The highest BCUT2D eigenvalue weighted by Crippen LogP contribution is 2.39. The maximum atomic E-state index is 6.41. The minimum atomic E-state index is -0.417. The van der Waals surface area contributed by atoms with Gasteiger partial charge in [-0.25, -0.2) is 0 Å². The van der Waals surface area contributed by atoms with Crippen LogP contribution in [-0.4, -0.2) is 10.1 Å².